The Hall–Kier alpha value is -4.31. The van der Waals surface area contributed by atoms with Crippen molar-refractivity contribution >= 4 is 11.6 Å². The lowest BCUT2D eigenvalue weighted by Crippen LogP contribution is -2.18. The third-order valence-electron chi connectivity index (χ3n) is 5.10. The van der Waals surface area contributed by atoms with Gasteiger partial charge in [0.2, 0.25) is 0 Å². The average molecular weight is 481 g/mol. The molecule has 5 aromatic rings. The first-order valence-corrected chi connectivity index (χ1v) is 10.3. The molecule has 0 N–H and O–H groups in total. The van der Waals surface area contributed by atoms with E-state index < -0.39 is 17.1 Å². The molecule has 0 saturated heterocycles. The van der Waals surface area contributed by atoms with Gasteiger partial charge in [0, 0.05) is 18.5 Å². The molecule has 3 heterocycles. The Morgan fingerprint density at radius 1 is 0.971 bits per heavy atom. The standard InChI is InChI=1S/C23H15ClF2N6O2/c1-34-20-13-31(17-7-6-14(12-16(17)25)30-11-3-9-27-30)29-22(23(20)33)19-8-10-28-32(19)18-5-2-4-15(24)21(18)26/h2-13H,1H3. The van der Waals surface area contributed by atoms with Gasteiger partial charge < -0.3 is 4.74 Å². The topological polar surface area (TPSA) is 79.8 Å². The maximum atomic E-state index is 15.1. The summed E-state index contributed by atoms with van der Waals surface area (Å²) in [5.41, 5.74) is 0.0814. The smallest absolute Gasteiger partial charge is 0.251 e. The molecular weight excluding hydrogens is 466 g/mol. The summed E-state index contributed by atoms with van der Waals surface area (Å²) in [4.78, 5) is 13.0. The molecule has 0 aliphatic rings. The number of ether oxygens (including phenoxy) is 1. The van der Waals surface area contributed by atoms with Gasteiger partial charge in [-0.3, -0.25) is 4.79 Å². The second kappa shape index (κ2) is 8.56. The fraction of sp³-hybridized carbons (Fsp3) is 0.0435. The predicted molar refractivity (Wildman–Crippen MR) is 121 cm³/mol. The molecule has 5 rings (SSSR count). The molecule has 0 amide bonds. The third-order valence-corrected chi connectivity index (χ3v) is 5.39. The Labute approximate surface area is 196 Å². The molecule has 0 atom stereocenters. The number of methoxy groups -OCH3 is 1. The van der Waals surface area contributed by atoms with E-state index in [1.807, 2.05) is 0 Å². The molecule has 0 spiro atoms. The first kappa shape index (κ1) is 21.5. The molecule has 34 heavy (non-hydrogen) atoms. The van der Waals surface area contributed by atoms with Crippen molar-refractivity contribution in [1.29, 1.82) is 0 Å². The normalized spacial score (nSPS) is 11.1. The zero-order valence-electron chi connectivity index (χ0n) is 17.6. The van der Waals surface area contributed by atoms with Crippen molar-refractivity contribution in [3.63, 3.8) is 0 Å². The summed E-state index contributed by atoms with van der Waals surface area (Å²) in [6.45, 7) is 0. The van der Waals surface area contributed by atoms with Crippen LogP contribution >= 0.6 is 11.6 Å². The first-order chi connectivity index (χ1) is 16.5. The number of hydrogen-bond acceptors (Lipinski definition) is 5. The second-order valence-electron chi connectivity index (χ2n) is 7.11. The van der Waals surface area contributed by atoms with E-state index >= 15 is 4.39 Å². The summed E-state index contributed by atoms with van der Waals surface area (Å²) < 4.78 is 38.9. The van der Waals surface area contributed by atoms with Crippen LogP contribution in [0.5, 0.6) is 5.75 Å². The maximum Gasteiger partial charge on any atom is 0.251 e. The van der Waals surface area contributed by atoms with Gasteiger partial charge in [0.25, 0.3) is 5.43 Å². The predicted octanol–water partition coefficient (Wildman–Crippen LogP) is 4.21. The van der Waals surface area contributed by atoms with E-state index in [9.17, 15) is 9.18 Å². The molecular formula is C23H15ClF2N6O2. The van der Waals surface area contributed by atoms with Gasteiger partial charge in [0.05, 0.1) is 35.9 Å². The van der Waals surface area contributed by atoms with Gasteiger partial charge in [-0.1, -0.05) is 17.7 Å². The van der Waals surface area contributed by atoms with E-state index in [0.29, 0.717) is 5.69 Å². The van der Waals surface area contributed by atoms with Crippen molar-refractivity contribution in [3.05, 3.63) is 100 Å². The summed E-state index contributed by atoms with van der Waals surface area (Å²) in [7, 11) is 1.32. The van der Waals surface area contributed by atoms with Crippen LogP contribution in [0.2, 0.25) is 5.02 Å². The molecule has 3 aromatic heterocycles. The number of aromatic nitrogens is 6. The molecule has 0 aliphatic heterocycles. The summed E-state index contributed by atoms with van der Waals surface area (Å²) in [5, 5.41) is 12.4. The van der Waals surface area contributed by atoms with E-state index in [4.69, 9.17) is 16.3 Å². The van der Waals surface area contributed by atoms with Crippen LogP contribution in [-0.2, 0) is 0 Å². The molecule has 8 nitrogen and oxygen atoms in total. The lowest BCUT2D eigenvalue weighted by atomic mass is 10.2. The van der Waals surface area contributed by atoms with Gasteiger partial charge in [-0.15, -0.1) is 0 Å². The number of rotatable bonds is 5. The van der Waals surface area contributed by atoms with Crippen LogP contribution < -0.4 is 10.2 Å². The minimum atomic E-state index is -0.711. The van der Waals surface area contributed by atoms with E-state index in [-0.39, 0.29) is 33.5 Å². The molecule has 0 radical (unpaired) electrons. The fourth-order valence-corrected chi connectivity index (χ4v) is 3.65. The number of halogens is 3. The highest BCUT2D eigenvalue weighted by Crippen LogP contribution is 2.26. The molecule has 2 aromatic carbocycles. The monoisotopic (exact) mass is 480 g/mol. The second-order valence-corrected chi connectivity index (χ2v) is 7.51. The molecule has 0 aliphatic carbocycles. The van der Waals surface area contributed by atoms with Gasteiger partial charge >= 0.3 is 0 Å². The average Bonchev–Trinajstić information content (AvgIpc) is 3.54. The molecule has 170 valence electrons. The van der Waals surface area contributed by atoms with Crippen molar-refractivity contribution in [1.82, 2.24) is 29.3 Å². The lowest BCUT2D eigenvalue weighted by Gasteiger charge is -2.13. The van der Waals surface area contributed by atoms with Gasteiger partial charge in [0.1, 0.15) is 11.4 Å². The Morgan fingerprint density at radius 3 is 2.56 bits per heavy atom. The molecule has 0 fully saturated rings. The van der Waals surface area contributed by atoms with E-state index in [0.717, 1.165) is 0 Å². The molecule has 0 saturated carbocycles. The van der Waals surface area contributed by atoms with Crippen LogP contribution in [0.3, 0.4) is 0 Å². The third kappa shape index (κ3) is 3.63. The number of benzene rings is 2. The number of hydrogen-bond donors (Lipinski definition) is 0. The Balaban J connectivity index is 1.67. The van der Waals surface area contributed by atoms with Crippen LogP contribution in [0.15, 0.2) is 78.1 Å². The van der Waals surface area contributed by atoms with Gasteiger partial charge in [-0.05, 0) is 36.4 Å². The minimum Gasteiger partial charge on any atom is -0.491 e. The van der Waals surface area contributed by atoms with Crippen LogP contribution in [0.1, 0.15) is 0 Å². The summed E-state index contributed by atoms with van der Waals surface area (Å²) in [6.07, 6.45) is 5.93. The SMILES string of the molecule is COc1cn(-c2ccc(-n3cccn3)cc2F)nc(-c2ccnn2-c2cccc(Cl)c2F)c1=O. The quantitative estimate of drug-likeness (QED) is 0.376. The Bertz CT molecular complexity index is 1560. The molecule has 0 bridgehead atoms. The fourth-order valence-electron chi connectivity index (χ4n) is 3.48. The minimum absolute atomic E-state index is 0.0258. The van der Waals surface area contributed by atoms with E-state index in [1.165, 1.54) is 63.9 Å². The van der Waals surface area contributed by atoms with Gasteiger partial charge in [-0.25, -0.2) is 22.8 Å². The highest BCUT2D eigenvalue weighted by atomic mass is 35.5. The van der Waals surface area contributed by atoms with Crippen molar-refractivity contribution in [3.8, 4) is 34.2 Å². The van der Waals surface area contributed by atoms with Crippen LogP contribution in [0.25, 0.3) is 28.5 Å². The van der Waals surface area contributed by atoms with Crippen molar-refractivity contribution in [2.75, 3.05) is 7.11 Å². The van der Waals surface area contributed by atoms with Crippen molar-refractivity contribution < 1.29 is 13.5 Å². The molecule has 0 unspecified atom stereocenters. The lowest BCUT2D eigenvalue weighted by molar-refractivity contribution is 0.405. The van der Waals surface area contributed by atoms with Crippen LogP contribution in [0.4, 0.5) is 8.78 Å². The van der Waals surface area contributed by atoms with E-state index in [2.05, 4.69) is 15.3 Å². The Kier molecular flexibility index (Phi) is 5.42. The zero-order chi connectivity index (χ0) is 23.8. The Morgan fingerprint density at radius 2 is 1.82 bits per heavy atom. The van der Waals surface area contributed by atoms with Gasteiger partial charge in [-0.2, -0.15) is 15.3 Å². The molecule has 11 heteroatoms. The maximum absolute atomic E-state index is 15.1. The van der Waals surface area contributed by atoms with E-state index in [1.54, 1.807) is 30.6 Å². The largest absolute Gasteiger partial charge is 0.491 e. The van der Waals surface area contributed by atoms with Crippen LogP contribution in [-0.4, -0.2) is 36.5 Å². The number of nitrogens with zero attached hydrogens (tertiary/aromatic N) is 6. The highest BCUT2D eigenvalue weighted by Gasteiger charge is 2.20. The summed E-state index contributed by atoms with van der Waals surface area (Å²) in [6, 6.07) is 12.1. The van der Waals surface area contributed by atoms with Gasteiger partial charge in [0.15, 0.2) is 23.1 Å². The zero-order valence-corrected chi connectivity index (χ0v) is 18.3. The summed E-state index contributed by atoms with van der Waals surface area (Å²) >= 11 is 5.92. The van der Waals surface area contributed by atoms with Crippen molar-refractivity contribution in [2.24, 2.45) is 0 Å². The highest BCUT2D eigenvalue weighted by molar-refractivity contribution is 6.30. The van der Waals surface area contributed by atoms with Crippen molar-refractivity contribution in [2.45, 2.75) is 0 Å². The van der Waals surface area contributed by atoms with Crippen LogP contribution in [0, 0.1) is 11.6 Å². The summed E-state index contributed by atoms with van der Waals surface area (Å²) in [5.74, 6) is -1.40. The first-order valence-electron chi connectivity index (χ1n) is 9.94.